The first-order valence-electron chi connectivity index (χ1n) is 5.81. The molecule has 2 aromatic rings. The molecule has 0 spiro atoms. The van der Waals surface area contributed by atoms with Gasteiger partial charge in [0, 0.05) is 10.0 Å². The van der Waals surface area contributed by atoms with Gasteiger partial charge in [-0.05, 0) is 36.4 Å². The number of rotatable bonds is 2. The highest BCUT2D eigenvalue weighted by Crippen LogP contribution is 2.32. The first-order chi connectivity index (χ1) is 9.77. The van der Waals surface area contributed by atoms with Crippen molar-refractivity contribution in [3.63, 3.8) is 0 Å². The number of hydrogen-bond donors (Lipinski definition) is 2. The molecule has 21 heavy (non-hydrogen) atoms. The van der Waals surface area contributed by atoms with Gasteiger partial charge in [-0.2, -0.15) is 13.2 Å². The van der Waals surface area contributed by atoms with Gasteiger partial charge in [0.05, 0.1) is 16.9 Å². The molecule has 0 aromatic heterocycles. The number of nitrogens with one attached hydrogen (secondary N) is 1. The lowest BCUT2D eigenvalue weighted by atomic mass is 10.1. The van der Waals surface area contributed by atoms with Gasteiger partial charge in [-0.3, -0.25) is 4.79 Å². The highest BCUT2D eigenvalue weighted by atomic mass is 79.9. The highest BCUT2D eigenvalue weighted by Gasteiger charge is 2.30. The SMILES string of the molecule is Nc1cc(C(F)(F)F)ccc1NC(=O)c1cccc(Br)c1. The molecule has 0 saturated carbocycles. The summed E-state index contributed by atoms with van der Waals surface area (Å²) >= 11 is 3.23. The monoisotopic (exact) mass is 358 g/mol. The molecule has 2 aromatic carbocycles. The zero-order valence-corrected chi connectivity index (χ0v) is 12.1. The van der Waals surface area contributed by atoms with Crippen LogP contribution in [0.5, 0.6) is 0 Å². The van der Waals surface area contributed by atoms with Gasteiger partial charge in [-0.1, -0.05) is 22.0 Å². The molecule has 0 saturated heterocycles. The summed E-state index contributed by atoms with van der Waals surface area (Å²) in [5.41, 5.74) is 5.04. The van der Waals surface area contributed by atoms with E-state index in [0.29, 0.717) is 5.56 Å². The Morgan fingerprint density at radius 1 is 1.14 bits per heavy atom. The summed E-state index contributed by atoms with van der Waals surface area (Å²) in [4.78, 5) is 12.0. The number of halogens is 4. The summed E-state index contributed by atoms with van der Waals surface area (Å²) in [5.74, 6) is -0.456. The van der Waals surface area contributed by atoms with Crippen LogP contribution in [0.3, 0.4) is 0 Å². The molecule has 0 fully saturated rings. The van der Waals surface area contributed by atoms with E-state index in [1.807, 2.05) is 0 Å². The molecule has 2 rings (SSSR count). The van der Waals surface area contributed by atoms with Crippen LogP contribution in [0, 0.1) is 0 Å². The third-order valence-corrected chi connectivity index (χ3v) is 3.21. The third-order valence-electron chi connectivity index (χ3n) is 2.71. The van der Waals surface area contributed by atoms with E-state index < -0.39 is 17.6 Å². The number of anilines is 2. The van der Waals surface area contributed by atoms with Crippen LogP contribution in [-0.2, 0) is 6.18 Å². The van der Waals surface area contributed by atoms with Crippen molar-refractivity contribution in [2.45, 2.75) is 6.18 Å². The van der Waals surface area contributed by atoms with E-state index in [9.17, 15) is 18.0 Å². The van der Waals surface area contributed by atoms with E-state index in [1.165, 1.54) is 0 Å². The molecule has 3 N–H and O–H groups in total. The Hall–Kier alpha value is -2.02. The molecule has 7 heteroatoms. The number of hydrogen-bond acceptors (Lipinski definition) is 2. The molecular formula is C14H10BrF3N2O. The van der Waals surface area contributed by atoms with Crippen molar-refractivity contribution in [2.24, 2.45) is 0 Å². The van der Waals surface area contributed by atoms with Gasteiger partial charge in [-0.15, -0.1) is 0 Å². The number of nitrogen functional groups attached to an aromatic ring is 1. The standard InChI is InChI=1S/C14H10BrF3N2O/c15-10-3-1-2-8(6-10)13(21)20-12-5-4-9(7-11(12)19)14(16,17)18/h1-7H,19H2,(H,20,21). The minimum atomic E-state index is -4.47. The fourth-order valence-corrected chi connectivity index (χ4v) is 2.08. The molecule has 110 valence electrons. The van der Waals surface area contributed by atoms with E-state index >= 15 is 0 Å². The minimum absolute atomic E-state index is 0.132. The quantitative estimate of drug-likeness (QED) is 0.786. The average molecular weight is 359 g/mol. The zero-order chi connectivity index (χ0) is 15.6. The number of carbonyl (C=O) groups excluding carboxylic acids is 1. The van der Waals surface area contributed by atoms with E-state index in [2.05, 4.69) is 21.2 Å². The molecule has 0 aliphatic rings. The predicted octanol–water partition coefficient (Wildman–Crippen LogP) is 4.30. The maximum absolute atomic E-state index is 12.5. The molecule has 0 heterocycles. The van der Waals surface area contributed by atoms with Gasteiger partial charge in [0.25, 0.3) is 5.91 Å². The number of nitrogens with two attached hydrogens (primary N) is 1. The number of benzene rings is 2. The lowest BCUT2D eigenvalue weighted by molar-refractivity contribution is -0.137. The molecule has 0 atom stereocenters. The Kier molecular flexibility index (Phi) is 4.22. The van der Waals surface area contributed by atoms with Crippen molar-refractivity contribution in [1.82, 2.24) is 0 Å². The Morgan fingerprint density at radius 2 is 1.86 bits per heavy atom. The molecule has 3 nitrogen and oxygen atoms in total. The van der Waals surface area contributed by atoms with E-state index in [0.717, 1.165) is 22.7 Å². The van der Waals surface area contributed by atoms with Gasteiger partial charge in [0.15, 0.2) is 0 Å². The van der Waals surface area contributed by atoms with Crippen molar-refractivity contribution in [3.05, 3.63) is 58.1 Å². The minimum Gasteiger partial charge on any atom is -0.397 e. The summed E-state index contributed by atoms with van der Waals surface area (Å²) in [6.45, 7) is 0. The van der Waals surface area contributed by atoms with E-state index in [-0.39, 0.29) is 11.4 Å². The summed E-state index contributed by atoms with van der Waals surface area (Å²) in [6.07, 6.45) is -4.47. The normalized spacial score (nSPS) is 11.2. The first kappa shape index (κ1) is 15.4. The number of carbonyl (C=O) groups is 1. The van der Waals surface area contributed by atoms with Crippen molar-refractivity contribution >= 4 is 33.2 Å². The first-order valence-corrected chi connectivity index (χ1v) is 6.60. The Labute approximate surface area is 127 Å². The van der Waals surface area contributed by atoms with Crippen LogP contribution in [-0.4, -0.2) is 5.91 Å². The Balaban J connectivity index is 2.22. The number of amides is 1. The maximum Gasteiger partial charge on any atom is 0.416 e. The predicted molar refractivity (Wildman–Crippen MR) is 78.0 cm³/mol. The summed E-state index contributed by atoms with van der Waals surface area (Å²) in [5, 5.41) is 2.48. The summed E-state index contributed by atoms with van der Waals surface area (Å²) in [7, 11) is 0. The third kappa shape index (κ3) is 3.75. The molecular weight excluding hydrogens is 349 g/mol. The summed E-state index contributed by atoms with van der Waals surface area (Å²) < 4.78 is 38.3. The van der Waals surface area contributed by atoms with E-state index in [4.69, 9.17) is 5.73 Å². The molecule has 0 aliphatic heterocycles. The average Bonchev–Trinajstić information content (AvgIpc) is 2.39. The second kappa shape index (κ2) is 5.77. The van der Waals surface area contributed by atoms with Crippen LogP contribution in [0.1, 0.15) is 15.9 Å². The van der Waals surface area contributed by atoms with Crippen molar-refractivity contribution in [2.75, 3.05) is 11.1 Å². The van der Waals surface area contributed by atoms with Gasteiger partial charge < -0.3 is 11.1 Å². The summed E-state index contributed by atoms with van der Waals surface area (Å²) in [6, 6.07) is 9.39. The van der Waals surface area contributed by atoms with Crippen LogP contribution < -0.4 is 11.1 Å². The van der Waals surface area contributed by atoms with Gasteiger partial charge in [0.2, 0.25) is 0 Å². The van der Waals surface area contributed by atoms with Crippen LogP contribution in [0.4, 0.5) is 24.5 Å². The van der Waals surface area contributed by atoms with Crippen LogP contribution >= 0.6 is 15.9 Å². The van der Waals surface area contributed by atoms with E-state index in [1.54, 1.807) is 24.3 Å². The van der Waals surface area contributed by atoms with Crippen molar-refractivity contribution < 1.29 is 18.0 Å². The highest BCUT2D eigenvalue weighted by molar-refractivity contribution is 9.10. The second-order valence-corrected chi connectivity index (χ2v) is 5.18. The van der Waals surface area contributed by atoms with Crippen molar-refractivity contribution in [1.29, 1.82) is 0 Å². The smallest absolute Gasteiger partial charge is 0.397 e. The Bertz CT molecular complexity index is 686. The Morgan fingerprint density at radius 3 is 2.43 bits per heavy atom. The van der Waals surface area contributed by atoms with Gasteiger partial charge in [-0.25, -0.2) is 0 Å². The lowest BCUT2D eigenvalue weighted by Gasteiger charge is -2.12. The molecule has 0 aliphatic carbocycles. The molecule has 0 radical (unpaired) electrons. The zero-order valence-electron chi connectivity index (χ0n) is 10.5. The topological polar surface area (TPSA) is 55.1 Å². The maximum atomic E-state index is 12.5. The second-order valence-electron chi connectivity index (χ2n) is 4.26. The fourth-order valence-electron chi connectivity index (χ4n) is 1.68. The van der Waals surface area contributed by atoms with Gasteiger partial charge >= 0.3 is 6.18 Å². The van der Waals surface area contributed by atoms with Crippen molar-refractivity contribution in [3.8, 4) is 0 Å². The number of alkyl halides is 3. The fraction of sp³-hybridized carbons (Fsp3) is 0.0714. The molecule has 0 unspecified atom stereocenters. The van der Waals surface area contributed by atoms with Crippen LogP contribution in [0.2, 0.25) is 0 Å². The van der Waals surface area contributed by atoms with Crippen LogP contribution in [0.15, 0.2) is 46.9 Å². The molecule has 0 bridgehead atoms. The molecule has 1 amide bonds. The lowest BCUT2D eigenvalue weighted by Crippen LogP contribution is -2.14. The van der Waals surface area contributed by atoms with Crippen LogP contribution in [0.25, 0.3) is 0 Å². The van der Waals surface area contributed by atoms with Gasteiger partial charge in [0.1, 0.15) is 0 Å². The largest absolute Gasteiger partial charge is 0.416 e.